The van der Waals surface area contributed by atoms with Crippen LogP contribution in [-0.4, -0.2) is 75.9 Å². The van der Waals surface area contributed by atoms with Crippen LogP contribution in [0.1, 0.15) is 34.6 Å². The van der Waals surface area contributed by atoms with Crippen molar-refractivity contribution in [1.29, 1.82) is 0 Å². The summed E-state index contributed by atoms with van der Waals surface area (Å²) in [5, 5.41) is 3.57. The maximum Gasteiger partial charge on any atom is 0.317 e. The van der Waals surface area contributed by atoms with E-state index in [1.54, 1.807) is 11.0 Å². The van der Waals surface area contributed by atoms with E-state index in [2.05, 4.69) is 20.2 Å². The van der Waals surface area contributed by atoms with Gasteiger partial charge < -0.3 is 20.1 Å². The summed E-state index contributed by atoms with van der Waals surface area (Å²) in [6.07, 6.45) is 2.12. The molecule has 3 heterocycles. The van der Waals surface area contributed by atoms with Crippen LogP contribution in [0, 0.1) is 0 Å². The Morgan fingerprint density at radius 1 is 0.914 bits per heavy atom. The molecule has 2 N–H and O–H groups in total. The van der Waals surface area contributed by atoms with Crippen molar-refractivity contribution in [3.05, 3.63) is 75.8 Å². The van der Waals surface area contributed by atoms with Crippen LogP contribution in [0.25, 0.3) is 10.9 Å². The summed E-state index contributed by atoms with van der Waals surface area (Å²) in [5.74, 6) is 0.698. The number of fused-ring (bicyclic) bond motifs is 1. The summed E-state index contributed by atoms with van der Waals surface area (Å²) in [6, 6.07) is 14.7. The number of urea groups is 1. The highest BCUT2D eigenvalue weighted by Crippen LogP contribution is 2.14. The zero-order chi connectivity index (χ0) is 24.2. The maximum absolute atomic E-state index is 12.7. The molecule has 2 saturated heterocycles. The standard InChI is InChI=1S/C26H30N6O3/c33-24-21-8-1-2-9-22(21)28-23(29-24)18-30-12-14-32(15-13-30)26(35)27-17-19-6-5-7-20(16-19)25(34)31-10-3-4-11-31/h1-2,5-9,16H,3-4,10-15,17-18H2,(H,27,35)(H,28,29,33). The van der Waals surface area contributed by atoms with Gasteiger partial charge in [-0.3, -0.25) is 14.5 Å². The number of nitrogens with zero attached hydrogens (tertiary/aromatic N) is 4. The van der Waals surface area contributed by atoms with E-state index >= 15 is 0 Å². The van der Waals surface area contributed by atoms with Crippen molar-refractivity contribution in [2.24, 2.45) is 0 Å². The van der Waals surface area contributed by atoms with Crippen molar-refractivity contribution >= 4 is 22.8 Å². The van der Waals surface area contributed by atoms with Crippen molar-refractivity contribution in [2.75, 3.05) is 39.3 Å². The van der Waals surface area contributed by atoms with E-state index in [9.17, 15) is 14.4 Å². The monoisotopic (exact) mass is 474 g/mol. The lowest BCUT2D eigenvalue weighted by atomic mass is 10.1. The number of likely N-dealkylation sites (tertiary alicyclic amines) is 1. The molecule has 9 nitrogen and oxygen atoms in total. The van der Waals surface area contributed by atoms with E-state index in [0.717, 1.165) is 31.5 Å². The van der Waals surface area contributed by atoms with Gasteiger partial charge >= 0.3 is 6.03 Å². The molecule has 0 atom stereocenters. The summed E-state index contributed by atoms with van der Waals surface area (Å²) in [7, 11) is 0. The average molecular weight is 475 g/mol. The van der Waals surface area contributed by atoms with Gasteiger partial charge in [0, 0.05) is 51.4 Å². The van der Waals surface area contributed by atoms with Gasteiger partial charge in [0.2, 0.25) is 0 Å². The van der Waals surface area contributed by atoms with Crippen LogP contribution in [0.2, 0.25) is 0 Å². The Bertz CT molecular complexity index is 1280. The van der Waals surface area contributed by atoms with E-state index in [0.29, 0.717) is 61.6 Å². The number of amides is 3. The van der Waals surface area contributed by atoms with Crippen LogP contribution in [-0.2, 0) is 13.1 Å². The fourth-order valence-corrected chi connectivity index (χ4v) is 4.74. The number of nitrogens with one attached hydrogen (secondary N) is 2. The largest absolute Gasteiger partial charge is 0.339 e. The van der Waals surface area contributed by atoms with Crippen LogP contribution < -0.4 is 10.9 Å². The minimum Gasteiger partial charge on any atom is -0.339 e. The first kappa shape index (κ1) is 23.0. The van der Waals surface area contributed by atoms with Crippen molar-refractivity contribution in [3.63, 3.8) is 0 Å². The predicted octanol–water partition coefficient (Wildman–Crippen LogP) is 2.19. The van der Waals surface area contributed by atoms with E-state index in [-0.39, 0.29) is 17.5 Å². The highest BCUT2D eigenvalue weighted by molar-refractivity contribution is 5.94. The summed E-state index contributed by atoms with van der Waals surface area (Å²) >= 11 is 0. The average Bonchev–Trinajstić information content (AvgIpc) is 3.43. The van der Waals surface area contributed by atoms with Gasteiger partial charge in [0.1, 0.15) is 5.82 Å². The highest BCUT2D eigenvalue weighted by atomic mass is 16.2. The zero-order valence-electron chi connectivity index (χ0n) is 19.7. The second kappa shape index (κ2) is 10.3. The first-order chi connectivity index (χ1) is 17.1. The maximum atomic E-state index is 12.7. The summed E-state index contributed by atoms with van der Waals surface area (Å²) < 4.78 is 0. The van der Waals surface area contributed by atoms with Crippen molar-refractivity contribution in [3.8, 4) is 0 Å². The second-order valence-corrected chi connectivity index (χ2v) is 9.15. The number of carbonyl (C=O) groups excluding carboxylic acids is 2. The van der Waals surface area contributed by atoms with Gasteiger partial charge in [0.25, 0.3) is 11.5 Å². The third kappa shape index (κ3) is 5.35. The van der Waals surface area contributed by atoms with Gasteiger partial charge in [0.15, 0.2) is 0 Å². The molecule has 35 heavy (non-hydrogen) atoms. The lowest BCUT2D eigenvalue weighted by Crippen LogP contribution is -2.51. The molecule has 1 aromatic heterocycles. The third-order valence-corrected chi connectivity index (χ3v) is 6.71. The normalized spacial score (nSPS) is 16.6. The molecule has 0 radical (unpaired) electrons. The molecular formula is C26H30N6O3. The molecule has 3 amide bonds. The number of aromatic amines is 1. The highest BCUT2D eigenvalue weighted by Gasteiger charge is 2.22. The fourth-order valence-electron chi connectivity index (χ4n) is 4.74. The smallest absolute Gasteiger partial charge is 0.317 e. The number of benzene rings is 2. The van der Waals surface area contributed by atoms with E-state index < -0.39 is 0 Å². The number of aromatic nitrogens is 2. The van der Waals surface area contributed by atoms with Crippen LogP contribution >= 0.6 is 0 Å². The molecule has 3 aromatic rings. The molecule has 0 aliphatic carbocycles. The topological polar surface area (TPSA) is 102 Å². The predicted molar refractivity (Wildman–Crippen MR) is 133 cm³/mol. The minimum absolute atomic E-state index is 0.0639. The Kier molecular flexibility index (Phi) is 6.76. The zero-order valence-corrected chi connectivity index (χ0v) is 19.7. The number of carbonyl (C=O) groups is 2. The first-order valence-electron chi connectivity index (χ1n) is 12.2. The lowest BCUT2D eigenvalue weighted by Gasteiger charge is -2.34. The summed E-state index contributed by atoms with van der Waals surface area (Å²) in [4.78, 5) is 51.0. The third-order valence-electron chi connectivity index (χ3n) is 6.71. The van der Waals surface area contributed by atoms with Gasteiger partial charge in [-0.25, -0.2) is 9.78 Å². The molecule has 2 aliphatic heterocycles. The van der Waals surface area contributed by atoms with Gasteiger partial charge in [-0.05, 0) is 42.7 Å². The molecule has 0 saturated carbocycles. The minimum atomic E-state index is -0.130. The number of rotatable bonds is 5. The Morgan fingerprint density at radius 3 is 2.49 bits per heavy atom. The molecule has 0 spiro atoms. The Labute approximate surface area is 203 Å². The van der Waals surface area contributed by atoms with Gasteiger partial charge in [-0.15, -0.1) is 0 Å². The SMILES string of the molecule is O=C(NCc1cccc(C(=O)N2CCCC2)c1)N1CCN(Cc2nc3ccccc3c(=O)[nH]2)CC1. The molecule has 0 unspecified atom stereocenters. The van der Waals surface area contributed by atoms with Crippen LogP contribution in [0.15, 0.2) is 53.3 Å². The molecule has 5 rings (SSSR count). The molecule has 2 fully saturated rings. The molecule has 9 heteroatoms. The first-order valence-corrected chi connectivity index (χ1v) is 12.2. The Hall–Kier alpha value is -3.72. The number of hydrogen-bond donors (Lipinski definition) is 2. The molecule has 2 aliphatic rings. The van der Waals surface area contributed by atoms with Crippen molar-refractivity contribution in [2.45, 2.75) is 25.9 Å². The van der Waals surface area contributed by atoms with Gasteiger partial charge in [-0.2, -0.15) is 0 Å². The van der Waals surface area contributed by atoms with Crippen LogP contribution in [0.3, 0.4) is 0 Å². The molecular weight excluding hydrogens is 444 g/mol. The van der Waals surface area contributed by atoms with Crippen LogP contribution in [0.5, 0.6) is 0 Å². The lowest BCUT2D eigenvalue weighted by molar-refractivity contribution is 0.0792. The molecule has 0 bridgehead atoms. The van der Waals surface area contributed by atoms with Gasteiger partial charge in [-0.1, -0.05) is 24.3 Å². The molecule has 182 valence electrons. The summed E-state index contributed by atoms with van der Waals surface area (Å²) in [6.45, 7) is 5.13. The summed E-state index contributed by atoms with van der Waals surface area (Å²) in [5.41, 5.74) is 2.14. The van der Waals surface area contributed by atoms with Crippen molar-refractivity contribution < 1.29 is 9.59 Å². The second-order valence-electron chi connectivity index (χ2n) is 9.15. The number of para-hydroxylation sites is 1. The van der Waals surface area contributed by atoms with Crippen molar-refractivity contribution in [1.82, 2.24) is 30.0 Å². The van der Waals surface area contributed by atoms with E-state index in [1.807, 2.05) is 47.4 Å². The number of hydrogen-bond acceptors (Lipinski definition) is 5. The van der Waals surface area contributed by atoms with Crippen LogP contribution in [0.4, 0.5) is 4.79 Å². The number of piperazine rings is 1. The number of H-pyrrole nitrogens is 1. The van der Waals surface area contributed by atoms with E-state index in [4.69, 9.17) is 0 Å². The molecule has 2 aromatic carbocycles. The Morgan fingerprint density at radius 2 is 1.69 bits per heavy atom. The quantitative estimate of drug-likeness (QED) is 0.590. The fraction of sp³-hybridized carbons (Fsp3) is 0.385. The van der Waals surface area contributed by atoms with Gasteiger partial charge in [0.05, 0.1) is 17.4 Å². The van der Waals surface area contributed by atoms with E-state index in [1.165, 1.54) is 0 Å². The Balaban J connectivity index is 1.11.